The molecule has 1 atom stereocenters. The zero-order valence-corrected chi connectivity index (χ0v) is 5.62. The third-order valence-corrected chi connectivity index (χ3v) is 0.811. The van der Waals surface area contributed by atoms with Crippen LogP contribution in [0.5, 0.6) is 0 Å². The summed E-state index contributed by atoms with van der Waals surface area (Å²) >= 11 is 0. The number of carbonyl (C=O) groups is 1. The first kappa shape index (κ1) is 9.35. The van der Waals surface area contributed by atoms with Crippen molar-refractivity contribution < 1.29 is 14.6 Å². The van der Waals surface area contributed by atoms with E-state index in [0.29, 0.717) is 0 Å². The molecule has 0 radical (unpaired) electrons. The number of rotatable bonds is 5. The van der Waals surface area contributed by atoms with E-state index in [2.05, 4.69) is 4.74 Å². The minimum atomic E-state index is -0.537. The second-order valence-electron chi connectivity index (χ2n) is 1.92. The van der Waals surface area contributed by atoms with Gasteiger partial charge >= 0.3 is 0 Å². The molecule has 60 valence electrons. The molecule has 0 spiro atoms. The van der Waals surface area contributed by atoms with Crippen molar-refractivity contribution >= 4 is 5.91 Å². The molecule has 10 heavy (non-hydrogen) atoms. The molecule has 0 fully saturated rings. The van der Waals surface area contributed by atoms with Crippen molar-refractivity contribution in [3.05, 3.63) is 0 Å². The van der Waals surface area contributed by atoms with Crippen LogP contribution in [0.15, 0.2) is 0 Å². The molecule has 0 aromatic heterocycles. The summed E-state index contributed by atoms with van der Waals surface area (Å²) in [5.74, 6) is -0.537. The van der Waals surface area contributed by atoms with Gasteiger partial charge in [0.2, 0.25) is 5.91 Å². The molecule has 0 rings (SSSR count). The van der Waals surface area contributed by atoms with Gasteiger partial charge in [-0.15, -0.1) is 0 Å². The summed E-state index contributed by atoms with van der Waals surface area (Å²) in [4.78, 5) is 10.1. The molecule has 5 nitrogen and oxygen atoms in total. The van der Waals surface area contributed by atoms with Crippen molar-refractivity contribution in [1.29, 1.82) is 0 Å². The molecule has 5 N–H and O–H groups in total. The summed E-state index contributed by atoms with van der Waals surface area (Å²) in [6.07, 6.45) is 0. The fourth-order valence-electron chi connectivity index (χ4n) is 0.364. The van der Waals surface area contributed by atoms with Crippen LogP contribution in [-0.4, -0.2) is 36.9 Å². The molecular formula is C5H12N2O3. The first-order valence-electron chi connectivity index (χ1n) is 2.89. The van der Waals surface area contributed by atoms with Gasteiger partial charge in [0.25, 0.3) is 0 Å². The van der Waals surface area contributed by atoms with Gasteiger partial charge in [-0.25, -0.2) is 0 Å². The molecule has 0 saturated carbocycles. The lowest BCUT2D eigenvalue weighted by Crippen LogP contribution is -2.31. The third-order valence-electron chi connectivity index (χ3n) is 0.811. The molecule has 5 heteroatoms. The maximum Gasteiger partial charge on any atom is 0.243 e. The van der Waals surface area contributed by atoms with Gasteiger partial charge in [0.1, 0.15) is 6.61 Å². The quantitative estimate of drug-likeness (QED) is 0.412. The summed E-state index contributed by atoms with van der Waals surface area (Å²) in [5.41, 5.74) is 9.98. The molecule has 0 heterocycles. The van der Waals surface area contributed by atoms with E-state index < -0.39 is 11.9 Å². The Hall–Kier alpha value is -0.650. The van der Waals surface area contributed by atoms with Crippen LogP contribution in [0, 0.1) is 0 Å². The van der Waals surface area contributed by atoms with Crippen molar-refractivity contribution in [1.82, 2.24) is 0 Å². The zero-order chi connectivity index (χ0) is 7.98. The Morgan fingerprint density at radius 1 is 1.70 bits per heavy atom. The minimum absolute atomic E-state index is 0.145. The number of hydrogen-bond donors (Lipinski definition) is 3. The number of ether oxygens (including phenoxy) is 1. The number of aliphatic hydroxyl groups is 1. The van der Waals surface area contributed by atoms with E-state index in [1.807, 2.05) is 0 Å². The average molecular weight is 148 g/mol. The van der Waals surface area contributed by atoms with Gasteiger partial charge in [0.05, 0.1) is 19.3 Å². The van der Waals surface area contributed by atoms with E-state index in [1.54, 1.807) is 0 Å². The van der Waals surface area contributed by atoms with Crippen LogP contribution >= 0.6 is 0 Å². The molecular weight excluding hydrogens is 136 g/mol. The lowest BCUT2D eigenvalue weighted by molar-refractivity contribution is -0.122. The summed E-state index contributed by atoms with van der Waals surface area (Å²) in [6, 6.07) is -0.431. The molecule has 0 bridgehead atoms. The van der Waals surface area contributed by atoms with E-state index in [9.17, 15) is 4.79 Å². The van der Waals surface area contributed by atoms with E-state index in [-0.39, 0.29) is 19.8 Å². The molecule has 0 aliphatic rings. The molecule has 1 amide bonds. The van der Waals surface area contributed by atoms with Crippen LogP contribution in [0.3, 0.4) is 0 Å². The van der Waals surface area contributed by atoms with Crippen LogP contribution in [0.2, 0.25) is 0 Å². The SMILES string of the molecule is NC(=O)COCC(N)CO. The van der Waals surface area contributed by atoms with Gasteiger partial charge in [0.15, 0.2) is 0 Å². The van der Waals surface area contributed by atoms with Crippen LogP contribution in [0.25, 0.3) is 0 Å². The number of primary amides is 1. The number of nitrogens with two attached hydrogens (primary N) is 2. The second kappa shape index (κ2) is 5.16. The lowest BCUT2D eigenvalue weighted by atomic mass is 10.4. The Balaban J connectivity index is 3.11. The van der Waals surface area contributed by atoms with Gasteiger partial charge in [-0.2, -0.15) is 0 Å². The fourth-order valence-corrected chi connectivity index (χ4v) is 0.364. The Labute approximate surface area is 58.9 Å². The highest BCUT2D eigenvalue weighted by molar-refractivity contribution is 5.74. The lowest BCUT2D eigenvalue weighted by Gasteiger charge is -2.06. The summed E-state index contributed by atoms with van der Waals surface area (Å²) in [7, 11) is 0. The number of amides is 1. The first-order valence-corrected chi connectivity index (χ1v) is 2.89. The van der Waals surface area contributed by atoms with Crippen LogP contribution in [0.4, 0.5) is 0 Å². The largest absolute Gasteiger partial charge is 0.395 e. The predicted molar refractivity (Wildman–Crippen MR) is 35.1 cm³/mol. The van der Waals surface area contributed by atoms with Crippen molar-refractivity contribution in [2.75, 3.05) is 19.8 Å². The molecule has 0 aromatic rings. The van der Waals surface area contributed by atoms with Crippen LogP contribution in [-0.2, 0) is 9.53 Å². The normalized spacial score (nSPS) is 13.0. The van der Waals surface area contributed by atoms with Gasteiger partial charge in [-0.3, -0.25) is 4.79 Å². The Morgan fingerprint density at radius 2 is 2.30 bits per heavy atom. The third kappa shape index (κ3) is 5.49. The van der Waals surface area contributed by atoms with Gasteiger partial charge in [0, 0.05) is 0 Å². The topological polar surface area (TPSA) is 98.6 Å². The van der Waals surface area contributed by atoms with E-state index in [1.165, 1.54) is 0 Å². The molecule has 0 aliphatic carbocycles. The Bertz CT molecular complexity index is 107. The highest BCUT2D eigenvalue weighted by Gasteiger charge is 2.00. The van der Waals surface area contributed by atoms with E-state index >= 15 is 0 Å². The Morgan fingerprint density at radius 3 is 2.70 bits per heavy atom. The first-order chi connectivity index (χ1) is 4.66. The van der Waals surface area contributed by atoms with Crippen molar-refractivity contribution in [2.45, 2.75) is 6.04 Å². The van der Waals surface area contributed by atoms with Gasteiger partial charge < -0.3 is 21.3 Å². The molecule has 0 aliphatic heterocycles. The maximum atomic E-state index is 10.1. The molecule has 1 unspecified atom stereocenters. The summed E-state index contributed by atoms with van der Waals surface area (Å²) < 4.78 is 4.69. The van der Waals surface area contributed by atoms with Gasteiger partial charge in [-0.1, -0.05) is 0 Å². The standard InChI is InChI=1S/C5H12N2O3/c6-4(1-8)2-10-3-5(7)9/h4,8H,1-3,6H2,(H2,7,9). The van der Waals surface area contributed by atoms with Gasteiger partial charge in [-0.05, 0) is 0 Å². The second-order valence-corrected chi connectivity index (χ2v) is 1.92. The van der Waals surface area contributed by atoms with Crippen molar-refractivity contribution in [3.8, 4) is 0 Å². The smallest absolute Gasteiger partial charge is 0.243 e. The average Bonchev–Trinajstić information content (AvgIpc) is 1.87. The zero-order valence-electron chi connectivity index (χ0n) is 5.62. The predicted octanol–water partition coefficient (Wildman–Crippen LogP) is -2.19. The molecule has 0 aromatic carbocycles. The molecule has 0 saturated heterocycles. The maximum absolute atomic E-state index is 10.1. The fraction of sp³-hybridized carbons (Fsp3) is 0.800. The van der Waals surface area contributed by atoms with Crippen LogP contribution in [0.1, 0.15) is 0 Å². The van der Waals surface area contributed by atoms with E-state index in [4.69, 9.17) is 16.6 Å². The van der Waals surface area contributed by atoms with Crippen molar-refractivity contribution in [3.63, 3.8) is 0 Å². The van der Waals surface area contributed by atoms with E-state index in [0.717, 1.165) is 0 Å². The summed E-state index contributed by atoms with van der Waals surface area (Å²) in [5, 5.41) is 8.38. The minimum Gasteiger partial charge on any atom is -0.395 e. The number of aliphatic hydroxyl groups excluding tert-OH is 1. The van der Waals surface area contributed by atoms with Crippen molar-refractivity contribution in [2.24, 2.45) is 11.5 Å². The number of hydrogen-bond acceptors (Lipinski definition) is 4. The highest BCUT2D eigenvalue weighted by Crippen LogP contribution is 1.78. The highest BCUT2D eigenvalue weighted by atomic mass is 16.5. The Kier molecular flexibility index (Phi) is 4.82. The monoisotopic (exact) mass is 148 g/mol. The number of carbonyl (C=O) groups excluding carboxylic acids is 1. The summed E-state index contributed by atoms with van der Waals surface area (Å²) in [6.45, 7) is -0.147. The van der Waals surface area contributed by atoms with Crippen LogP contribution < -0.4 is 11.5 Å².